The van der Waals surface area contributed by atoms with Crippen molar-refractivity contribution in [2.24, 2.45) is 0 Å². The van der Waals surface area contributed by atoms with Gasteiger partial charge in [-0.25, -0.2) is 0 Å². The molecule has 0 aliphatic heterocycles. The summed E-state index contributed by atoms with van der Waals surface area (Å²) in [6.45, 7) is 6.10. The fourth-order valence-corrected chi connectivity index (χ4v) is 5.24. The van der Waals surface area contributed by atoms with Crippen molar-refractivity contribution in [3.63, 3.8) is 0 Å². The maximum atomic E-state index is 3.80. The van der Waals surface area contributed by atoms with E-state index in [2.05, 4.69) is 43.9 Å². The van der Waals surface area contributed by atoms with Crippen LogP contribution >= 0.6 is 0 Å². The van der Waals surface area contributed by atoms with Gasteiger partial charge in [-0.05, 0) is 64.2 Å². The largest absolute Gasteiger partial charge is 0.103 e. The predicted octanol–water partition coefficient (Wildman–Crippen LogP) is 14.0. The van der Waals surface area contributed by atoms with Crippen LogP contribution in [0.5, 0.6) is 0 Å². The van der Waals surface area contributed by atoms with E-state index in [1.54, 1.807) is 0 Å². The second kappa shape index (κ2) is 35.2. The van der Waals surface area contributed by atoms with Crippen LogP contribution in [0.4, 0.5) is 0 Å². The van der Waals surface area contributed by atoms with E-state index in [4.69, 9.17) is 0 Å². The fourth-order valence-electron chi connectivity index (χ4n) is 5.24. The van der Waals surface area contributed by atoms with Crippen LogP contribution in [-0.2, 0) is 0 Å². The summed E-state index contributed by atoms with van der Waals surface area (Å²) in [6, 6.07) is 0. The Morgan fingerprint density at radius 1 is 0.297 bits per heavy atom. The van der Waals surface area contributed by atoms with Gasteiger partial charge in [0.15, 0.2) is 0 Å². The van der Waals surface area contributed by atoms with Crippen molar-refractivity contribution in [3.05, 3.63) is 37.0 Å². The molecule has 0 nitrogen and oxygen atoms in total. The third-order valence-corrected chi connectivity index (χ3v) is 7.83. The lowest BCUT2D eigenvalue weighted by molar-refractivity contribution is 0.545. The molecule has 0 radical (unpaired) electrons. The zero-order chi connectivity index (χ0) is 26.7. The maximum absolute atomic E-state index is 3.80. The van der Waals surface area contributed by atoms with Crippen LogP contribution < -0.4 is 0 Å². The zero-order valence-electron chi connectivity index (χ0n) is 25.8. The SMILES string of the molecule is C=CCCCCCCCCCCCC/C=C/CCCCC/C=C/CCCCCCCCCCCCCC. The number of allylic oxidation sites excluding steroid dienone is 5. The Bertz CT molecular complexity index is 457. The molecule has 0 spiro atoms. The molecular weight excluding hydrogens is 444 g/mol. The third-order valence-electron chi connectivity index (χ3n) is 7.83. The van der Waals surface area contributed by atoms with Crippen LogP contribution in [0.25, 0.3) is 0 Å². The van der Waals surface area contributed by atoms with Crippen LogP contribution in [-0.4, -0.2) is 0 Å². The summed E-state index contributed by atoms with van der Waals surface area (Å²) in [5.41, 5.74) is 0. The summed E-state index contributed by atoms with van der Waals surface area (Å²) in [6.07, 6.45) is 53.9. The second-order valence-electron chi connectivity index (χ2n) is 11.7. The van der Waals surface area contributed by atoms with Crippen molar-refractivity contribution in [2.75, 3.05) is 0 Å². The van der Waals surface area contributed by atoms with Crippen LogP contribution in [0, 0.1) is 0 Å². The lowest BCUT2D eigenvalue weighted by Crippen LogP contribution is -1.82. The molecule has 0 atom stereocenters. The molecule has 0 rings (SSSR count). The van der Waals surface area contributed by atoms with E-state index in [1.807, 2.05) is 0 Å². The van der Waals surface area contributed by atoms with Gasteiger partial charge in [-0.2, -0.15) is 0 Å². The van der Waals surface area contributed by atoms with Gasteiger partial charge in [-0.15, -0.1) is 6.58 Å². The molecule has 0 unspecified atom stereocenters. The van der Waals surface area contributed by atoms with Crippen molar-refractivity contribution < 1.29 is 0 Å². The molecule has 0 saturated carbocycles. The first kappa shape index (κ1) is 36.2. The lowest BCUT2D eigenvalue weighted by Gasteiger charge is -2.02. The molecule has 0 fully saturated rings. The highest BCUT2D eigenvalue weighted by atomic mass is 14.0. The molecule has 37 heavy (non-hydrogen) atoms. The number of unbranched alkanes of at least 4 members (excludes halogenated alkanes) is 27. The van der Waals surface area contributed by atoms with Gasteiger partial charge in [0, 0.05) is 0 Å². The molecule has 0 heterocycles. The first-order chi connectivity index (χ1) is 18.4. The van der Waals surface area contributed by atoms with Crippen LogP contribution in [0.2, 0.25) is 0 Å². The molecule has 0 aliphatic rings. The smallest absolute Gasteiger partial charge is 0.0351 e. The van der Waals surface area contributed by atoms with E-state index in [1.165, 1.54) is 193 Å². The predicted molar refractivity (Wildman–Crippen MR) is 173 cm³/mol. The minimum absolute atomic E-state index is 1.20. The van der Waals surface area contributed by atoms with E-state index in [-0.39, 0.29) is 0 Å². The first-order valence-electron chi connectivity index (χ1n) is 17.3. The standard InChI is InChI=1S/C37H70/c1-3-5-7-9-11-13-15-17-19-21-23-25-27-29-31-33-35-37-36-34-32-30-28-26-24-22-20-18-16-14-12-10-8-6-4-2/h3,29-32H,1,4-28,33-37H2,2H3/b31-29+,32-30+. The topological polar surface area (TPSA) is 0 Å². The highest BCUT2D eigenvalue weighted by molar-refractivity contribution is 4.83. The summed E-state index contributed by atoms with van der Waals surface area (Å²) in [7, 11) is 0. The van der Waals surface area contributed by atoms with Gasteiger partial charge in [-0.3, -0.25) is 0 Å². The molecule has 0 N–H and O–H groups in total. The average molecular weight is 515 g/mol. The number of hydrogen-bond donors (Lipinski definition) is 0. The van der Waals surface area contributed by atoms with E-state index in [0.717, 1.165) is 0 Å². The molecule has 0 saturated heterocycles. The van der Waals surface area contributed by atoms with Crippen molar-refractivity contribution >= 4 is 0 Å². The molecule has 218 valence electrons. The van der Waals surface area contributed by atoms with Crippen LogP contribution in [0.3, 0.4) is 0 Å². The quantitative estimate of drug-likeness (QED) is 0.0618. The molecule has 0 aromatic rings. The summed E-state index contributed by atoms with van der Waals surface area (Å²) < 4.78 is 0. The average Bonchev–Trinajstić information content (AvgIpc) is 2.91. The van der Waals surface area contributed by atoms with E-state index in [0.29, 0.717) is 0 Å². The van der Waals surface area contributed by atoms with E-state index >= 15 is 0 Å². The van der Waals surface area contributed by atoms with E-state index < -0.39 is 0 Å². The Labute approximate surface area is 236 Å². The molecule has 0 aromatic heterocycles. The van der Waals surface area contributed by atoms with Crippen molar-refractivity contribution in [1.82, 2.24) is 0 Å². The van der Waals surface area contributed by atoms with Gasteiger partial charge in [0.2, 0.25) is 0 Å². The number of rotatable bonds is 32. The summed E-state index contributed by atoms with van der Waals surface area (Å²) >= 11 is 0. The Morgan fingerprint density at radius 3 is 0.784 bits per heavy atom. The third kappa shape index (κ3) is 35.2. The Morgan fingerprint density at radius 2 is 0.514 bits per heavy atom. The summed E-state index contributed by atoms with van der Waals surface area (Å²) in [5.74, 6) is 0. The fraction of sp³-hybridized carbons (Fsp3) is 0.838. The monoisotopic (exact) mass is 515 g/mol. The molecule has 0 bridgehead atoms. The summed E-state index contributed by atoms with van der Waals surface area (Å²) in [4.78, 5) is 0. The Balaban J connectivity index is 3.14. The van der Waals surface area contributed by atoms with Crippen molar-refractivity contribution in [3.8, 4) is 0 Å². The Hall–Kier alpha value is -0.780. The minimum Gasteiger partial charge on any atom is -0.103 e. The summed E-state index contributed by atoms with van der Waals surface area (Å²) in [5, 5.41) is 0. The Kier molecular flexibility index (Phi) is 34.5. The minimum atomic E-state index is 1.20. The lowest BCUT2D eigenvalue weighted by atomic mass is 10.0. The second-order valence-corrected chi connectivity index (χ2v) is 11.7. The molecule has 0 aromatic carbocycles. The van der Waals surface area contributed by atoms with Gasteiger partial charge in [0.25, 0.3) is 0 Å². The molecular formula is C37H70. The van der Waals surface area contributed by atoms with Crippen LogP contribution in [0.1, 0.15) is 200 Å². The highest BCUT2D eigenvalue weighted by Crippen LogP contribution is 2.14. The van der Waals surface area contributed by atoms with Crippen molar-refractivity contribution in [2.45, 2.75) is 200 Å². The maximum Gasteiger partial charge on any atom is -0.0351 e. The van der Waals surface area contributed by atoms with E-state index in [9.17, 15) is 0 Å². The van der Waals surface area contributed by atoms with Gasteiger partial charge >= 0.3 is 0 Å². The molecule has 0 heteroatoms. The van der Waals surface area contributed by atoms with Crippen LogP contribution in [0.15, 0.2) is 37.0 Å². The van der Waals surface area contributed by atoms with Gasteiger partial charge < -0.3 is 0 Å². The zero-order valence-corrected chi connectivity index (χ0v) is 25.8. The first-order valence-corrected chi connectivity index (χ1v) is 17.3. The molecule has 0 aliphatic carbocycles. The normalized spacial score (nSPS) is 11.8. The van der Waals surface area contributed by atoms with Crippen molar-refractivity contribution in [1.29, 1.82) is 0 Å². The van der Waals surface area contributed by atoms with Gasteiger partial charge in [0.1, 0.15) is 0 Å². The highest BCUT2D eigenvalue weighted by Gasteiger charge is 1.94. The van der Waals surface area contributed by atoms with Gasteiger partial charge in [0.05, 0.1) is 0 Å². The van der Waals surface area contributed by atoms with Gasteiger partial charge in [-0.1, -0.05) is 166 Å². The molecule has 0 amide bonds. The number of hydrogen-bond acceptors (Lipinski definition) is 0.